The summed E-state index contributed by atoms with van der Waals surface area (Å²) < 4.78 is 14.4. The molecule has 0 aliphatic carbocycles. The summed E-state index contributed by atoms with van der Waals surface area (Å²) in [6, 6.07) is 6.73. The summed E-state index contributed by atoms with van der Waals surface area (Å²) >= 11 is 0. The first kappa shape index (κ1) is 15.8. The van der Waals surface area contributed by atoms with Gasteiger partial charge in [-0.25, -0.2) is 4.39 Å². The zero-order valence-corrected chi connectivity index (χ0v) is 13.2. The maximum Gasteiger partial charge on any atom is 0.132 e. The highest BCUT2D eigenvalue weighted by molar-refractivity contribution is 5.83. The first-order chi connectivity index (χ1) is 10.3. The van der Waals surface area contributed by atoms with Crippen LogP contribution in [0.3, 0.4) is 0 Å². The minimum atomic E-state index is -0.425. The van der Waals surface area contributed by atoms with Gasteiger partial charge in [0.2, 0.25) is 0 Å². The quantitative estimate of drug-likeness (QED) is 0.765. The zero-order valence-electron chi connectivity index (χ0n) is 13.2. The van der Waals surface area contributed by atoms with E-state index in [9.17, 15) is 4.39 Å². The highest BCUT2D eigenvalue weighted by atomic mass is 19.1. The number of nitriles is 2. The van der Waals surface area contributed by atoms with E-state index in [0.717, 1.165) is 23.4 Å². The lowest BCUT2D eigenvalue weighted by Crippen LogP contribution is -2.45. The van der Waals surface area contributed by atoms with Gasteiger partial charge in [-0.3, -0.25) is 0 Å². The Kier molecular flexibility index (Phi) is 4.06. The highest BCUT2D eigenvalue weighted by Crippen LogP contribution is 2.40. The molecule has 0 unspecified atom stereocenters. The van der Waals surface area contributed by atoms with Crippen LogP contribution >= 0.6 is 0 Å². The van der Waals surface area contributed by atoms with E-state index in [-0.39, 0.29) is 16.7 Å². The summed E-state index contributed by atoms with van der Waals surface area (Å²) in [7, 11) is 0. The molecule has 0 fully saturated rings. The van der Waals surface area contributed by atoms with Gasteiger partial charge < -0.3 is 4.90 Å². The van der Waals surface area contributed by atoms with Crippen molar-refractivity contribution in [1.29, 1.82) is 10.5 Å². The average molecular weight is 295 g/mol. The Bertz CT molecular complexity index is 742. The predicted molar refractivity (Wildman–Crippen MR) is 86.4 cm³/mol. The number of hydrogen-bond donors (Lipinski definition) is 0. The molecule has 3 nitrogen and oxygen atoms in total. The maximum atomic E-state index is 14.4. The molecule has 0 spiro atoms. The number of nitrogens with zero attached hydrogens (tertiary/aromatic N) is 3. The van der Waals surface area contributed by atoms with Crippen molar-refractivity contribution < 1.29 is 4.39 Å². The van der Waals surface area contributed by atoms with E-state index < -0.39 is 5.82 Å². The minimum absolute atomic E-state index is 0.107. The average Bonchev–Trinajstić information content (AvgIpc) is 2.45. The Morgan fingerprint density at radius 3 is 2.50 bits per heavy atom. The number of fused-ring (bicyclic) bond motifs is 1. The van der Waals surface area contributed by atoms with Gasteiger partial charge >= 0.3 is 0 Å². The lowest BCUT2D eigenvalue weighted by molar-refractivity contribution is 0.561. The summed E-state index contributed by atoms with van der Waals surface area (Å²) in [6.45, 7) is 8.99. The summed E-state index contributed by atoms with van der Waals surface area (Å²) in [5.74, 6) is -0.425. The van der Waals surface area contributed by atoms with Crippen LogP contribution in [0.25, 0.3) is 11.6 Å². The van der Waals surface area contributed by atoms with Gasteiger partial charge in [-0.2, -0.15) is 10.5 Å². The van der Waals surface area contributed by atoms with Crippen molar-refractivity contribution >= 4 is 17.3 Å². The van der Waals surface area contributed by atoms with E-state index in [1.165, 1.54) is 12.1 Å². The highest BCUT2D eigenvalue weighted by Gasteiger charge is 2.30. The van der Waals surface area contributed by atoms with E-state index in [4.69, 9.17) is 10.5 Å². The lowest BCUT2D eigenvalue weighted by atomic mass is 9.87. The molecule has 1 aromatic carbocycles. The molecule has 1 heterocycles. The number of hydrogen-bond acceptors (Lipinski definition) is 3. The second-order valence-electron chi connectivity index (χ2n) is 5.90. The zero-order chi connectivity index (χ0) is 16.5. The van der Waals surface area contributed by atoms with Crippen LogP contribution in [0.15, 0.2) is 23.8 Å². The molecule has 2 rings (SSSR count). The molecular weight excluding hydrogens is 277 g/mol. The van der Waals surface area contributed by atoms with Crippen LogP contribution in [0, 0.1) is 28.5 Å². The van der Waals surface area contributed by atoms with Crippen molar-refractivity contribution in [3.8, 4) is 12.1 Å². The first-order valence-corrected chi connectivity index (χ1v) is 7.17. The third kappa shape index (κ3) is 2.61. The second kappa shape index (κ2) is 5.66. The molecule has 0 atom stereocenters. The molecule has 0 aromatic heterocycles. The van der Waals surface area contributed by atoms with Gasteiger partial charge in [-0.15, -0.1) is 0 Å². The molecule has 0 saturated heterocycles. The van der Waals surface area contributed by atoms with Crippen molar-refractivity contribution in [3.63, 3.8) is 0 Å². The Morgan fingerprint density at radius 2 is 1.95 bits per heavy atom. The van der Waals surface area contributed by atoms with Gasteiger partial charge in [0, 0.05) is 23.4 Å². The molecule has 0 N–H and O–H groups in total. The minimum Gasteiger partial charge on any atom is -0.363 e. The molecule has 0 saturated carbocycles. The summed E-state index contributed by atoms with van der Waals surface area (Å²) in [5, 5.41) is 17.7. The predicted octanol–water partition coefficient (Wildman–Crippen LogP) is 4.28. The Hall–Kier alpha value is -2.59. The number of allylic oxidation sites excluding steroid dienone is 2. The monoisotopic (exact) mass is 295 g/mol. The molecule has 0 bridgehead atoms. The molecule has 112 valence electrons. The van der Waals surface area contributed by atoms with Crippen LogP contribution < -0.4 is 4.90 Å². The standard InChI is InChI=1S/C18H18FN3/c1-5-22-17-8-16(19)14(6-13(10-20)11-21)7-15(17)12(2)9-18(22,3)4/h6-9H,5H2,1-4H3. The smallest absolute Gasteiger partial charge is 0.132 e. The third-order valence-corrected chi connectivity index (χ3v) is 3.95. The van der Waals surface area contributed by atoms with E-state index in [2.05, 4.69) is 24.8 Å². The molecule has 22 heavy (non-hydrogen) atoms. The van der Waals surface area contributed by atoms with Gasteiger partial charge in [0.05, 0.1) is 5.54 Å². The van der Waals surface area contributed by atoms with Crippen LogP contribution in [0.5, 0.6) is 0 Å². The topological polar surface area (TPSA) is 50.8 Å². The fraction of sp³-hybridized carbons (Fsp3) is 0.333. The number of anilines is 1. The van der Waals surface area contributed by atoms with Gasteiger partial charge in [0.25, 0.3) is 0 Å². The molecule has 4 heteroatoms. The number of likely N-dealkylation sites (N-methyl/N-ethyl adjacent to an activating group) is 1. The third-order valence-electron chi connectivity index (χ3n) is 3.95. The van der Waals surface area contributed by atoms with Crippen molar-refractivity contribution in [2.45, 2.75) is 33.2 Å². The van der Waals surface area contributed by atoms with Crippen LogP contribution in [0.4, 0.5) is 10.1 Å². The fourth-order valence-corrected chi connectivity index (χ4v) is 3.05. The number of halogens is 1. The Morgan fingerprint density at radius 1 is 1.32 bits per heavy atom. The van der Waals surface area contributed by atoms with Gasteiger partial charge in [-0.1, -0.05) is 6.08 Å². The van der Waals surface area contributed by atoms with Crippen LogP contribution in [0.2, 0.25) is 0 Å². The molecule has 1 aromatic rings. The van der Waals surface area contributed by atoms with Crippen LogP contribution in [-0.2, 0) is 0 Å². The normalized spacial score (nSPS) is 15.2. The number of rotatable bonds is 2. The maximum absolute atomic E-state index is 14.4. The molecular formula is C18H18FN3. The van der Waals surface area contributed by atoms with Gasteiger partial charge in [0.1, 0.15) is 23.5 Å². The van der Waals surface area contributed by atoms with Gasteiger partial charge in [0.15, 0.2) is 0 Å². The number of benzene rings is 1. The Balaban J connectivity index is 2.67. The van der Waals surface area contributed by atoms with Crippen molar-refractivity contribution in [2.24, 2.45) is 0 Å². The largest absolute Gasteiger partial charge is 0.363 e. The van der Waals surface area contributed by atoms with E-state index in [1.807, 2.05) is 13.8 Å². The molecule has 0 amide bonds. The van der Waals surface area contributed by atoms with Crippen LogP contribution in [0.1, 0.15) is 38.8 Å². The fourth-order valence-electron chi connectivity index (χ4n) is 3.05. The van der Waals surface area contributed by atoms with Crippen molar-refractivity contribution in [1.82, 2.24) is 0 Å². The molecule has 1 aliphatic heterocycles. The summed E-state index contributed by atoms with van der Waals surface area (Å²) in [4.78, 5) is 2.14. The van der Waals surface area contributed by atoms with E-state index >= 15 is 0 Å². The molecule has 1 aliphatic rings. The SMILES string of the molecule is CCN1c2cc(F)c(C=C(C#N)C#N)cc2C(C)=CC1(C)C. The second-order valence-corrected chi connectivity index (χ2v) is 5.90. The first-order valence-electron chi connectivity index (χ1n) is 7.17. The summed E-state index contributed by atoms with van der Waals surface area (Å²) in [5.41, 5.74) is 2.82. The summed E-state index contributed by atoms with van der Waals surface area (Å²) in [6.07, 6.45) is 3.44. The van der Waals surface area contributed by atoms with Crippen LogP contribution in [-0.4, -0.2) is 12.1 Å². The van der Waals surface area contributed by atoms with Crippen molar-refractivity contribution in [2.75, 3.05) is 11.4 Å². The van der Waals surface area contributed by atoms with E-state index in [0.29, 0.717) is 0 Å². The van der Waals surface area contributed by atoms with Gasteiger partial charge in [-0.05, 0) is 51.5 Å². The lowest BCUT2D eigenvalue weighted by Gasteiger charge is -2.42. The van der Waals surface area contributed by atoms with Crippen molar-refractivity contribution in [3.05, 3.63) is 40.7 Å². The van der Waals surface area contributed by atoms with E-state index in [1.54, 1.807) is 18.2 Å². The molecule has 0 radical (unpaired) electrons. The Labute approximate surface area is 130 Å².